The third kappa shape index (κ3) is 19.2. The molecule has 0 atom stereocenters. The maximum atomic E-state index is 13.8. The number of rotatable bonds is 24. The van der Waals surface area contributed by atoms with E-state index in [4.69, 9.17) is 20.4 Å². The fourth-order valence-electron chi connectivity index (χ4n) is 5.13. The van der Waals surface area contributed by atoms with Gasteiger partial charge in [-0.1, -0.05) is 45.4 Å². The van der Waals surface area contributed by atoms with Crippen LogP contribution < -0.4 is 0 Å². The van der Waals surface area contributed by atoms with Crippen molar-refractivity contribution in [2.45, 2.75) is 104 Å². The summed E-state index contributed by atoms with van der Waals surface area (Å²) in [6.07, 6.45) is 2.33. The number of carboxylic acids is 3. The van der Waals surface area contributed by atoms with E-state index in [0.717, 1.165) is 90.3 Å². The molecule has 1 rings (SSSR count). The summed E-state index contributed by atoms with van der Waals surface area (Å²) in [5, 5.41) is 33.8. The summed E-state index contributed by atoms with van der Waals surface area (Å²) in [4.78, 5) is 54.8. The Morgan fingerprint density at radius 3 is 1.44 bits per heavy atom. The number of carboxylic acid groups (broad SMARTS) is 3. The summed E-state index contributed by atoms with van der Waals surface area (Å²) in [6, 6.07) is 9.07. The molecule has 1 aromatic carbocycles. The summed E-state index contributed by atoms with van der Waals surface area (Å²) < 4.78 is 0. The van der Waals surface area contributed by atoms with Gasteiger partial charge in [0, 0.05) is 49.4 Å². The van der Waals surface area contributed by atoms with Crippen LogP contribution in [0.2, 0.25) is 0 Å². The molecule has 2 amide bonds. The van der Waals surface area contributed by atoms with Crippen molar-refractivity contribution in [1.82, 2.24) is 19.6 Å². The van der Waals surface area contributed by atoms with E-state index in [1.165, 1.54) is 10.5 Å². The highest BCUT2D eigenvalue weighted by molar-refractivity contribution is 7.99. The molecule has 0 fully saturated rings. The van der Waals surface area contributed by atoms with Crippen molar-refractivity contribution in [2.75, 3.05) is 64.7 Å². The molecule has 276 valence electrons. The van der Waals surface area contributed by atoms with Crippen LogP contribution in [0.3, 0.4) is 0 Å². The Hall–Kier alpha value is -2.87. The number of benzene rings is 1. The van der Waals surface area contributed by atoms with Gasteiger partial charge in [-0.3, -0.25) is 9.59 Å². The van der Waals surface area contributed by atoms with Crippen LogP contribution in [0.25, 0.3) is 0 Å². The maximum absolute atomic E-state index is 13.8. The van der Waals surface area contributed by atoms with Gasteiger partial charge in [-0.2, -0.15) is 0 Å². The highest BCUT2D eigenvalue weighted by Crippen LogP contribution is 2.19. The van der Waals surface area contributed by atoms with E-state index < -0.39 is 36.4 Å². The highest BCUT2D eigenvalue weighted by atomic mass is 32.2. The van der Waals surface area contributed by atoms with Crippen molar-refractivity contribution < 1.29 is 39.6 Å². The van der Waals surface area contributed by atoms with Crippen LogP contribution in [0, 0.1) is 6.92 Å². The molecule has 0 radical (unpaired) electrons. The quantitative estimate of drug-likeness (QED) is 0.105. The van der Waals surface area contributed by atoms with Crippen LogP contribution in [-0.2, 0) is 14.4 Å². The molecule has 12 nitrogen and oxygen atoms in total. The molecular weight excluding hydrogens is 636 g/mol. The van der Waals surface area contributed by atoms with Gasteiger partial charge in [0.2, 0.25) is 0 Å². The summed E-state index contributed by atoms with van der Waals surface area (Å²) >= 11 is 1.84. The predicted octanol–water partition coefficient (Wildman–Crippen LogP) is 5.22. The standard InChI is InChI=1S/C29H54N4OS.C6H8O7/c1-8-16-30(17-9-2)20-22-32(23-21-31(18-10-3)19-11-4)29(34)33(26(5)6)24-25-35-28-14-12-27(7)13-15-28;7-3(8)1-6(13,5(11)12)2-4(9)10/h12-15,26H,8-11,16-25H2,1-7H3;13H,1-2H2,(H,7,8)(H,9,10)(H,11,12). The Morgan fingerprint density at radius 1 is 0.688 bits per heavy atom. The van der Waals surface area contributed by atoms with Crippen LogP contribution in [0.15, 0.2) is 29.2 Å². The average molecular weight is 699 g/mol. The zero-order valence-electron chi connectivity index (χ0n) is 30.3. The predicted molar refractivity (Wildman–Crippen MR) is 192 cm³/mol. The second-order valence-corrected chi connectivity index (χ2v) is 13.5. The van der Waals surface area contributed by atoms with Crippen molar-refractivity contribution in [3.8, 4) is 0 Å². The highest BCUT2D eigenvalue weighted by Gasteiger charge is 2.40. The first-order valence-corrected chi connectivity index (χ1v) is 18.2. The number of thioether (sulfide) groups is 1. The molecule has 0 saturated carbocycles. The number of aliphatic carboxylic acids is 3. The topological polar surface area (TPSA) is 162 Å². The number of urea groups is 1. The van der Waals surface area contributed by atoms with E-state index in [2.05, 4.69) is 92.3 Å². The second kappa shape index (κ2) is 25.2. The first kappa shape index (κ1) is 45.1. The molecule has 0 saturated heterocycles. The smallest absolute Gasteiger partial charge is 0.336 e. The van der Waals surface area contributed by atoms with E-state index in [9.17, 15) is 19.2 Å². The van der Waals surface area contributed by atoms with Gasteiger partial charge in [0.1, 0.15) is 0 Å². The zero-order chi connectivity index (χ0) is 36.7. The Bertz CT molecular complexity index is 1030. The van der Waals surface area contributed by atoms with Gasteiger partial charge < -0.3 is 40.0 Å². The molecule has 48 heavy (non-hydrogen) atoms. The minimum absolute atomic E-state index is 0.188. The fourth-order valence-corrected chi connectivity index (χ4v) is 5.98. The molecule has 13 heteroatoms. The molecule has 0 aromatic heterocycles. The fraction of sp³-hybridized carbons (Fsp3) is 0.714. The molecular formula is C35H62N4O8S. The molecule has 1 aromatic rings. The minimum Gasteiger partial charge on any atom is -0.481 e. The Labute approximate surface area is 292 Å². The van der Waals surface area contributed by atoms with Crippen LogP contribution >= 0.6 is 11.8 Å². The Kier molecular flexibility index (Phi) is 23.6. The molecule has 0 bridgehead atoms. The van der Waals surface area contributed by atoms with Crippen molar-refractivity contribution in [3.05, 3.63) is 29.8 Å². The first-order chi connectivity index (χ1) is 22.6. The van der Waals surface area contributed by atoms with Gasteiger partial charge in [-0.15, -0.1) is 11.8 Å². The van der Waals surface area contributed by atoms with Crippen molar-refractivity contribution in [2.24, 2.45) is 0 Å². The lowest BCUT2D eigenvalue weighted by Crippen LogP contribution is -2.51. The van der Waals surface area contributed by atoms with E-state index >= 15 is 0 Å². The summed E-state index contributed by atoms with van der Waals surface area (Å²) in [6.45, 7) is 24.1. The van der Waals surface area contributed by atoms with Crippen LogP contribution in [0.1, 0.15) is 85.6 Å². The van der Waals surface area contributed by atoms with Gasteiger partial charge >= 0.3 is 23.9 Å². The molecule has 0 heterocycles. The SMILES string of the molecule is CCCN(CCC)CCN(CCN(CCC)CCC)C(=O)N(CCSc1ccc(C)cc1)C(C)C.O=C(O)CC(O)(CC(=O)O)C(=O)O. The van der Waals surface area contributed by atoms with Gasteiger partial charge in [0.05, 0.1) is 12.8 Å². The first-order valence-electron chi connectivity index (χ1n) is 17.2. The van der Waals surface area contributed by atoms with Crippen molar-refractivity contribution in [1.29, 1.82) is 0 Å². The van der Waals surface area contributed by atoms with E-state index in [1.807, 2.05) is 11.8 Å². The Balaban J connectivity index is 0.00000143. The number of aliphatic hydroxyl groups is 1. The van der Waals surface area contributed by atoms with Crippen molar-refractivity contribution in [3.63, 3.8) is 0 Å². The van der Waals surface area contributed by atoms with Gasteiger partial charge in [0.15, 0.2) is 5.60 Å². The van der Waals surface area contributed by atoms with E-state index in [-0.39, 0.29) is 12.1 Å². The van der Waals surface area contributed by atoms with Crippen LogP contribution in [0.4, 0.5) is 4.79 Å². The van der Waals surface area contributed by atoms with Gasteiger partial charge in [0.25, 0.3) is 0 Å². The monoisotopic (exact) mass is 698 g/mol. The lowest BCUT2D eigenvalue weighted by Gasteiger charge is -2.36. The van der Waals surface area contributed by atoms with Crippen LogP contribution in [-0.4, -0.2) is 140 Å². The molecule has 0 aliphatic heterocycles. The third-order valence-electron chi connectivity index (χ3n) is 7.58. The number of nitrogens with zero attached hydrogens (tertiary/aromatic N) is 4. The number of carbonyl (C=O) groups excluding carboxylic acids is 1. The number of carbonyl (C=O) groups is 4. The average Bonchev–Trinajstić information content (AvgIpc) is 2.99. The number of hydrogen-bond donors (Lipinski definition) is 4. The number of aryl methyl sites for hydroxylation is 1. The molecule has 0 aliphatic carbocycles. The summed E-state index contributed by atoms with van der Waals surface area (Å²) in [5.41, 5.74) is -1.46. The molecule has 0 spiro atoms. The number of amides is 2. The molecule has 0 unspecified atom stereocenters. The lowest BCUT2D eigenvalue weighted by atomic mass is 9.96. The van der Waals surface area contributed by atoms with Gasteiger partial charge in [-0.25, -0.2) is 9.59 Å². The van der Waals surface area contributed by atoms with E-state index in [1.54, 1.807) is 0 Å². The maximum Gasteiger partial charge on any atom is 0.336 e. The van der Waals surface area contributed by atoms with Crippen LogP contribution in [0.5, 0.6) is 0 Å². The van der Waals surface area contributed by atoms with E-state index in [0.29, 0.717) is 0 Å². The van der Waals surface area contributed by atoms with Gasteiger partial charge in [-0.05, 0) is 84.8 Å². The van der Waals surface area contributed by atoms with Crippen molar-refractivity contribution >= 4 is 35.7 Å². The summed E-state index contributed by atoms with van der Waals surface area (Å²) in [5.74, 6) is -4.11. The normalized spacial score (nSPS) is 11.4. The minimum atomic E-state index is -2.74. The molecule has 0 aliphatic rings. The summed E-state index contributed by atoms with van der Waals surface area (Å²) in [7, 11) is 0. The number of hydrogen-bond acceptors (Lipinski definition) is 8. The third-order valence-corrected chi connectivity index (χ3v) is 8.57. The Morgan fingerprint density at radius 2 is 1.10 bits per heavy atom. The lowest BCUT2D eigenvalue weighted by molar-refractivity contribution is -0.170. The zero-order valence-corrected chi connectivity index (χ0v) is 31.1. The molecule has 4 N–H and O–H groups in total. The largest absolute Gasteiger partial charge is 0.481 e. The second-order valence-electron chi connectivity index (χ2n) is 12.4.